The minimum atomic E-state index is -3.51. The normalized spacial score (nSPS) is 11.1. The molecule has 8 heteroatoms. The fourth-order valence-electron chi connectivity index (χ4n) is 2.72. The van der Waals surface area contributed by atoms with Gasteiger partial charge in [-0.05, 0) is 48.0 Å². The highest BCUT2D eigenvalue weighted by molar-refractivity contribution is 7.92. The summed E-state index contributed by atoms with van der Waals surface area (Å²) >= 11 is 12.0. The van der Waals surface area contributed by atoms with Gasteiger partial charge in [0.1, 0.15) is 0 Å². The number of sulfonamides is 1. The average Bonchev–Trinajstić information content (AvgIpc) is 2.69. The summed E-state index contributed by atoms with van der Waals surface area (Å²) in [5.41, 5.74) is 2.08. The summed E-state index contributed by atoms with van der Waals surface area (Å²) in [6.45, 7) is 0.198. The highest BCUT2D eigenvalue weighted by atomic mass is 35.5. The van der Waals surface area contributed by atoms with E-state index in [4.69, 9.17) is 23.2 Å². The van der Waals surface area contributed by atoms with Crippen LogP contribution in [0.5, 0.6) is 0 Å². The number of rotatable bonds is 6. The molecule has 3 aromatic rings. The highest BCUT2D eigenvalue weighted by Crippen LogP contribution is 2.26. The van der Waals surface area contributed by atoms with Gasteiger partial charge in [0.2, 0.25) is 10.0 Å². The molecular weight excluding hydrogens is 431 g/mol. The van der Waals surface area contributed by atoms with Gasteiger partial charge in [0.25, 0.3) is 5.91 Å². The monoisotopic (exact) mass is 448 g/mol. The molecule has 0 saturated heterocycles. The second-order valence-electron chi connectivity index (χ2n) is 6.38. The van der Waals surface area contributed by atoms with Gasteiger partial charge in [0.15, 0.2) is 0 Å². The summed E-state index contributed by atoms with van der Waals surface area (Å²) < 4.78 is 25.9. The first kappa shape index (κ1) is 21.2. The van der Waals surface area contributed by atoms with E-state index < -0.39 is 10.0 Å². The zero-order valence-electron chi connectivity index (χ0n) is 15.5. The van der Waals surface area contributed by atoms with Gasteiger partial charge in [-0.15, -0.1) is 0 Å². The third-order valence-electron chi connectivity index (χ3n) is 4.16. The molecule has 5 nitrogen and oxygen atoms in total. The molecule has 0 aromatic heterocycles. The van der Waals surface area contributed by atoms with Crippen molar-refractivity contribution in [3.05, 3.63) is 94.0 Å². The van der Waals surface area contributed by atoms with Crippen LogP contribution in [0.15, 0.2) is 72.8 Å². The summed E-state index contributed by atoms with van der Waals surface area (Å²) in [5, 5.41) is 3.51. The zero-order valence-corrected chi connectivity index (χ0v) is 17.8. The van der Waals surface area contributed by atoms with Gasteiger partial charge in [-0.1, -0.05) is 53.5 Å². The number of halogens is 2. The largest absolute Gasteiger partial charge is 0.321 e. The number of nitrogens with one attached hydrogen (secondary N) is 1. The second-order valence-corrected chi connectivity index (χ2v) is 9.13. The van der Waals surface area contributed by atoms with Crippen LogP contribution in [-0.4, -0.2) is 20.6 Å². The molecule has 0 aliphatic carbocycles. The van der Waals surface area contributed by atoms with Crippen molar-refractivity contribution in [3.8, 4) is 0 Å². The predicted molar refractivity (Wildman–Crippen MR) is 118 cm³/mol. The zero-order chi connectivity index (χ0) is 21.0. The molecule has 29 heavy (non-hydrogen) atoms. The Morgan fingerprint density at radius 1 is 0.966 bits per heavy atom. The molecule has 0 unspecified atom stereocenters. The molecule has 3 aromatic carbocycles. The van der Waals surface area contributed by atoms with E-state index in [2.05, 4.69) is 5.32 Å². The number of benzene rings is 3. The molecule has 3 rings (SSSR count). The number of carbonyl (C=O) groups excluding carboxylic acids is 1. The topological polar surface area (TPSA) is 66.5 Å². The van der Waals surface area contributed by atoms with Gasteiger partial charge < -0.3 is 5.32 Å². The Labute approximate surface area is 179 Å². The number of hydrogen-bond donors (Lipinski definition) is 1. The lowest BCUT2D eigenvalue weighted by molar-refractivity contribution is 0.102. The predicted octanol–water partition coefficient (Wildman–Crippen LogP) is 5.21. The van der Waals surface area contributed by atoms with Crippen molar-refractivity contribution in [2.24, 2.45) is 0 Å². The smallest absolute Gasteiger partial charge is 0.255 e. The van der Waals surface area contributed by atoms with Gasteiger partial charge in [-0.3, -0.25) is 9.10 Å². The molecule has 0 saturated carbocycles. The van der Waals surface area contributed by atoms with Gasteiger partial charge in [0.05, 0.1) is 29.2 Å². The molecule has 0 atom stereocenters. The third kappa shape index (κ3) is 5.50. The molecular formula is C21H18Cl2N2O3S. The quantitative estimate of drug-likeness (QED) is 0.562. The first-order valence-electron chi connectivity index (χ1n) is 8.62. The molecule has 0 radical (unpaired) electrons. The van der Waals surface area contributed by atoms with Gasteiger partial charge in [0, 0.05) is 10.6 Å². The minimum Gasteiger partial charge on any atom is -0.321 e. The Morgan fingerprint density at radius 2 is 1.62 bits per heavy atom. The van der Waals surface area contributed by atoms with Crippen molar-refractivity contribution in [1.29, 1.82) is 0 Å². The lowest BCUT2D eigenvalue weighted by Gasteiger charge is -2.22. The van der Waals surface area contributed by atoms with E-state index >= 15 is 0 Å². The van der Waals surface area contributed by atoms with Crippen molar-refractivity contribution in [3.63, 3.8) is 0 Å². The Morgan fingerprint density at radius 3 is 2.24 bits per heavy atom. The van der Waals surface area contributed by atoms with Crippen LogP contribution in [0.25, 0.3) is 0 Å². The average molecular weight is 449 g/mol. The molecule has 150 valence electrons. The number of hydrogen-bond acceptors (Lipinski definition) is 3. The first-order chi connectivity index (χ1) is 13.7. The lowest BCUT2D eigenvalue weighted by Crippen LogP contribution is -2.29. The molecule has 0 fully saturated rings. The third-order valence-corrected chi connectivity index (χ3v) is 5.87. The second kappa shape index (κ2) is 8.86. The van der Waals surface area contributed by atoms with Crippen LogP contribution in [0.2, 0.25) is 10.0 Å². The number of nitrogens with zero attached hydrogens (tertiary/aromatic N) is 1. The Hall–Kier alpha value is -2.54. The molecule has 1 N–H and O–H groups in total. The van der Waals surface area contributed by atoms with E-state index in [0.29, 0.717) is 27.0 Å². The summed E-state index contributed by atoms with van der Waals surface area (Å²) in [6.07, 6.45) is 1.15. The maximum absolute atomic E-state index is 12.5. The lowest BCUT2D eigenvalue weighted by atomic mass is 10.1. The Bertz CT molecular complexity index is 1120. The maximum Gasteiger partial charge on any atom is 0.255 e. The minimum absolute atomic E-state index is 0.198. The molecule has 0 aliphatic heterocycles. The number of amides is 1. The molecule has 0 spiro atoms. The Kier molecular flexibility index (Phi) is 6.47. The van der Waals surface area contributed by atoms with Crippen LogP contribution in [0.1, 0.15) is 15.9 Å². The van der Waals surface area contributed by atoms with E-state index in [1.165, 1.54) is 4.31 Å². The highest BCUT2D eigenvalue weighted by Gasteiger charge is 2.18. The van der Waals surface area contributed by atoms with E-state index in [0.717, 1.165) is 11.8 Å². The van der Waals surface area contributed by atoms with Crippen molar-refractivity contribution >= 4 is 50.5 Å². The van der Waals surface area contributed by atoms with Crippen molar-refractivity contribution < 1.29 is 13.2 Å². The first-order valence-corrected chi connectivity index (χ1v) is 11.2. The van der Waals surface area contributed by atoms with Gasteiger partial charge in [-0.25, -0.2) is 8.42 Å². The van der Waals surface area contributed by atoms with E-state index in [1.807, 2.05) is 30.3 Å². The summed E-state index contributed by atoms with van der Waals surface area (Å²) in [7, 11) is -3.51. The Balaban J connectivity index is 1.81. The SMILES string of the molecule is CS(=O)(=O)N(Cc1ccccc1)c1ccc(C(=O)Nc2cc(Cl)ccc2Cl)cc1. The van der Waals surface area contributed by atoms with Crippen molar-refractivity contribution in [2.45, 2.75) is 6.54 Å². The fraction of sp³-hybridized carbons (Fsp3) is 0.0952. The summed E-state index contributed by atoms with van der Waals surface area (Å²) in [4.78, 5) is 12.5. The van der Waals surface area contributed by atoms with Crippen LogP contribution in [0.3, 0.4) is 0 Å². The summed E-state index contributed by atoms with van der Waals surface area (Å²) in [6, 6.07) is 20.4. The van der Waals surface area contributed by atoms with Gasteiger partial charge in [-0.2, -0.15) is 0 Å². The number of carbonyl (C=O) groups is 1. The standard InChI is InChI=1S/C21H18Cl2N2O3S/c1-29(27,28)25(14-15-5-3-2-4-6-15)18-10-7-16(8-11-18)21(26)24-20-13-17(22)9-12-19(20)23/h2-13H,14H2,1H3,(H,24,26). The molecule has 0 heterocycles. The van der Waals surface area contributed by atoms with E-state index in [1.54, 1.807) is 42.5 Å². The van der Waals surface area contributed by atoms with Crippen LogP contribution in [-0.2, 0) is 16.6 Å². The van der Waals surface area contributed by atoms with Crippen LogP contribution in [0.4, 0.5) is 11.4 Å². The van der Waals surface area contributed by atoms with Crippen molar-refractivity contribution in [1.82, 2.24) is 0 Å². The molecule has 0 aliphatic rings. The van der Waals surface area contributed by atoms with E-state index in [-0.39, 0.29) is 12.5 Å². The molecule has 1 amide bonds. The van der Waals surface area contributed by atoms with Crippen LogP contribution in [0, 0.1) is 0 Å². The number of anilines is 2. The van der Waals surface area contributed by atoms with Crippen LogP contribution < -0.4 is 9.62 Å². The fourth-order valence-corrected chi connectivity index (χ4v) is 3.94. The molecule has 0 bridgehead atoms. The summed E-state index contributed by atoms with van der Waals surface area (Å²) in [5.74, 6) is -0.380. The van der Waals surface area contributed by atoms with Crippen LogP contribution >= 0.6 is 23.2 Å². The maximum atomic E-state index is 12.5. The van der Waals surface area contributed by atoms with E-state index in [9.17, 15) is 13.2 Å². The van der Waals surface area contributed by atoms with Gasteiger partial charge >= 0.3 is 0 Å². The van der Waals surface area contributed by atoms with Crippen molar-refractivity contribution in [2.75, 3.05) is 15.9 Å².